The third-order valence-corrected chi connectivity index (χ3v) is 8.31. The molecule has 4 nitrogen and oxygen atoms in total. The molecule has 4 atom stereocenters. The maximum atomic E-state index is 12.2. The molecule has 0 heterocycles. The summed E-state index contributed by atoms with van der Waals surface area (Å²) in [5.41, 5.74) is -0.723. The maximum absolute atomic E-state index is 12.2. The molecule has 0 radical (unpaired) electrons. The Bertz CT molecular complexity index is 524. The summed E-state index contributed by atoms with van der Waals surface area (Å²) in [4.78, 5) is 12.2. The summed E-state index contributed by atoms with van der Waals surface area (Å²) in [5.74, 6) is 0.0773. The van der Waals surface area contributed by atoms with Crippen LogP contribution in [0.15, 0.2) is 0 Å². The zero-order valence-electron chi connectivity index (χ0n) is 10.3. The maximum Gasteiger partial charge on any atom is 0.265 e. The average Bonchev–Trinajstić information content (AvgIpc) is 2.83. The Labute approximate surface area is 121 Å². The van der Waals surface area contributed by atoms with Crippen LogP contribution in [0.25, 0.3) is 0 Å². The molecule has 4 unspecified atom stereocenters. The molecule has 3 rings (SSSR count). The molecule has 0 aliphatic heterocycles. The van der Waals surface area contributed by atoms with E-state index in [0.717, 1.165) is 17.3 Å². The first-order valence-corrected chi connectivity index (χ1v) is 9.47. The van der Waals surface area contributed by atoms with Crippen LogP contribution in [0, 0.1) is 22.2 Å². The third kappa shape index (κ3) is 1.16. The molecule has 0 aromatic heterocycles. The van der Waals surface area contributed by atoms with Gasteiger partial charge in [-0.05, 0) is 36.0 Å². The van der Waals surface area contributed by atoms with Crippen molar-refractivity contribution >= 4 is 38.5 Å². The Kier molecular flexibility index (Phi) is 2.58. The van der Waals surface area contributed by atoms with E-state index in [-0.39, 0.29) is 22.4 Å². The number of hydrogen-bond donors (Lipinski definition) is 1. The molecule has 3 saturated carbocycles. The van der Waals surface area contributed by atoms with Gasteiger partial charge in [-0.3, -0.25) is 9.35 Å². The molecule has 18 heavy (non-hydrogen) atoms. The van der Waals surface area contributed by atoms with Gasteiger partial charge in [0.25, 0.3) is 10.1 Å². The minimum Gasteiger partial charge on any atom is -0.299 e. The number of carbonyl (C=O) groups is 1. The van der Waals surface area contributed by atoms with E-state index >= 15 is 0 Å². The smallest absolute Gasteiger partial charge is 0.265 e. The van der Waals surface area contributed by atoms with Crippen molar-refractivity contribution in [2.24, 2.45) is 22.2 Å². The minimum absolute atomic E-state index is 0.0744. The number of alkyl halides is 1. The monoisotopic (exact) mass is 384 g/mol. The largest absolute Gasteiger partial charge is 0.299 e. The van der Waals surface area contributed by atoms with Gasteiger partial charge in [0.2, 0.25) is 0 Å². The van der Waals surface area contributed by atoms with Crippen molar-refractivity contribution in [2.75, 3.05) is 10.2 Å². The predicted molar refractivity (Wildman–Crippen MR) is 75.2 cm³/mol. The van der Waals surface area contributed by atoms with Gasteiger partial charge in [0.05, 0.1) is 11.2 Å². The van der Waals surface area contributed by atoms with Gasteiger partial charge in [-0.2, -0.15) is 8.42 Å². The summed E-state index contributed by atoms with van der Waals surface area (Å²) in [7, 11) is -4.08. The molecule has 6 heteroatoms. The molecule has 3 aliphatic carbocycles. The second-order valence-electron chi connectivity index (χ2n) is 6.10. The number of Topliss-reactive ketones (excluding diaryl/α,β-unsaturated/α-hetero) is 1. The predicted octanol–water partition coefficient (Wildman–Crippen LogP) is 2.07. The topological polar surface area (TPSA) is 71.4 Å². The summed E-state index contributed by atoms with van der Waals surface area (Å²) in [6.45, 7) is 2.13. The van der Waals surface area contributed by atoms with Crippen molar-refractivity contribution in [1.82, 2.24) is 0 Å². The van der Waals surface area contributed by atoms with Crippen LogP contribution >= 0.6 is 22.6 Å². The van der Waals surface area contributed by atoms with Gasteiger partial charge < -0.3 is 0 Å². The molecule has 102 valence electrons. The van der Waals surface area contributed by atoms with Crippen molar-refractivity contribution in [3.63, 3.8) is 0 Å². The molecule has 1 spiro atoms. The molecule has 0 aromatic carbocycles. The zero-order chi connectivity index (χ0) is 13.4. The highest BCUT2D eigenvalue weighted by Gasteiger charge is 2.90. The van der Waals surface area contributed by atoms with Crippen LogP contribution < -0.4 is 0 Å². The molecular weight excluding hydrogens is 367 g/mol. The van der Waals surface area contributed by atoms with E-state index in [0.29, 0.717) is 18.8 Å². The van der Waals surface area contributed by atoms with Crippen LogP contribution in [0.1, 0.15) is 32.6 Å². The molecule has 0 aromatic rings. The van der Waals surface area contributed by atoms with Crippen molar-refractivity contribution in [1.29, 1.82) is 0 Å². The lowest BCUT2D eigenvalue weighted by Gasteiger charge is -2.50. The average molecular weight is 384 g/mol. The van der Waals surface area contributed by atoms with E-state index in [1.807, 2.05) is 0 Å². The number of rotatable bonds is 4. The van der Waals surface area contributed by atoms with Crippen LogP contribution in [0.2, 0.25) is 0 Å². The van der Waals surface area contributed by atoms with E-state index in [9.17, 15) is 17.8 Å². The summed E-state index contributed by atoms with van der Waals surface area (Å²) in [6.07, 6.45) is 3.11. The van der Waals surface area contributed by atoms with Crippen LogP contribution in [0.5, 0.6) is 0 Å². The summed E-state index contributed by atoms with van der Waals surface area (Å²) in [5, 5.41) is 0. The molecule has 1 N–H and O–H groups in total. The van der Waals surface area contributed by atoms with Gasteiger partial charge >= 0.3 is 0 Å². The summed E-state index contributed by atoms with van der Waals surface area (Å²) in [6, 6.07) is 0. The van der Waals surface area contributed by atoms with E-state index in [1.54, 1.807) is 0 Å². The van der Waals surface area contributed by atoms with Crippen molar-refractivity contribution in [3.8, 4) is 0 Å². The lowest BCUT2D eigenvalue weighted by atomic mass is 9.54. The van der Waals surface area contributed by atoms with E-state index < -0.39 is 15.5 Å². The normalized spacial score (nSPS) is 49.5. The van der Waals surface area contributed by atoms with Crippen LogP contribution in [0.4, 0.5) is 0 Å². The fraction of sp³-hybridized carbons (Fsp3) is 0.917. The standard InChI is InChI=1S/C12H17IO4S/c1-2-10(6-13)8-5-9(14)11(7-18(15,16)17)3-4-12(8,10)11/h8H,2-7H2,1H3,(H,15,16,17). The number of hydrogen-bond acceptors (Lipinski definition) is 3. The Morgan fingerprint density at radius 1 is 1.44 bits per heavy atom. The van der Waals surface area contributed by atoms with Crippen molar-refractivity contribution in [2.45, 2.75) is 32.6 Å². The first-order valence-electron chi connectivity index (χ1n) is 6.34. The molecule has 0 bridgehead atoms. The van der Waals surface area contributed by atoms with Crippen molar-refractivity contribution in [3.05, 3.63) is 0 Å². The van der Waals surface area contributed by atoms with Gasteiger partial charge in [-0.15, -0.1) is 0 Å². The Morgan fingerprint density at radius 3 is 2.50 bits per heavy atom. The number of halogens is 1. The van der Waals surface area contributed by atoms with Gasteiger partial charge in [0.1, 0.15) is 5.78 Å². The molecule has 3 fully saturated rings. The van der Waals surface area contributed by atoms with Crippen LogP contribution in [-0.2, 0) is 14.9 Å². The van der Waals surface area contributed by atoms with Crippen LogP contribution in [0.3, 0.4) is 0 Å². The summed E-state index contributed by atoms with van der Waals surface area (Å²) >= 11 is 2.36. The van der Waals surface area contributed by atoms with Gasteiger partial charge in [0.15, 0.2) is 0 Å². The van der Waals surface area contributed by atoms with E-state index in [1.165, 1.54) is 0 Å². The van der Waals surface area contributed by atoms with Crippen molar-refractivity contribution < 1.29 is 17.8 Å². The molecule has 3 aliphatic rings. The lowest BCUT2D eigenvalue weighted by Crippen LogP contribution is -2.53. The number of ketones is 1. The molecular formula is C12H17IO4S. The second kappa shape index (κ2) is 3.49. The number of carbonyl (C=O) groups excluding carboxylic acids is 1. The highest BCUT2D eigenvalue weighted by Crippen LogP contribution is 2.90. The first kappa shape index (κ1) is 13.3. The lowest BCUT2D eigenvalue weighted by molar-refractivity contribution is -0.137. The minimum atomic E-state index is -4.08. The fourth-order valence-corrected chi connectivity index (χ4v) is 8.23. The third-order valence-electron chi connectivity index (χ3n) is 6.09. The zero-order valence-corrected chi connectivity index (χ0v) is 13.3. The van der Waals surface area contributed by atoms with Gasteiger partial charge in [0, 0.05) is 10.8 Å². The highest BCUT2D eigenvalue weighted by molar-refractivity contribution is 14.1. The molecule has 0 amide bonds. The Hall–Kier alpha value is 0.310. The fourth-order valence-electron chi connectivity index (χ4n) is 5.29. The Balaban J connectivity index is 2.04. The Morgan fingerprint density at radius 2 is 2.11 bits per heavy atom. The van der Waals surface area contributed by atoms with E-state index in [2.05, 4.69) is 29.5 Å². The highest BCUT2D eigenvalue weighted by atomic mass is 127. The van der Waals surface area contributed by atoms with Crippen LogP contribution in [-0.4, -0.2) is 28.9 Å². The van der Waals surface area contributed by atoms with Gasteiger partial charge in [-0.1, -0.05) is 29.5 Å². The summed E-state index contributed by atoms with van der Waals surface area (Å²) < 4.78 is 32.7. The molecule has 0 saturated heterocycles. The van der Waals surface area contributed by atoms with E-state index in [4.69, 9.17) is 0 Å². The second-order valence-corrected chi connectivity index (χ2v) is 8.32. The first-order chi connectivity index (χ1) is 8.30. The van der Waals surface area contributed by atoms with Gasteiger partial charge in [-0.25, -0.2) is 0 Å². The quantitative estimate of drug-likeness (QED) is 0.458. The SMILES string of the molecule is CCC1(CI)C2CC(=O)C3(CS(=O)(=O)O)CCC231.